The van der Waals surface area contributed by atoms with Gasteiger partial charge >= 0.3 is 0 Å². The van der Waals surface area contributed by atoms with Gasteiger partial charge in [0.25, 0.3) is 0 Å². The van der Waals surface area contributed by atoms with Crippen LogP contribution in [0.25, 0.3) is 0 Å². The highest BCUT2D eigenvalue weighted by Crippen LogP contribution is 2.16. The van der Waals surface area contributed by atoms with E-state index in [-0.39, 0.29) is 30.1 Å². The molecule has 23 heavy (non-hydrogen) atoms. The maximum Gasteiger partial charge on any atom is 0.193 e. The van der Waals surface area contributed by atoms with Crippen LogP contribution in [0.5, 0.6) is 5.75 Å². The van der Waals surface area contributed by atoms with Crippen LogP contribution >= 0.6 is 35.6 Å². The Hall–Kier alpha value is -1.54. The fourth-order valence-electron chi connectivity index (χ4n) is 1.75. The van der Waals surface area contributed by atoms with Crippen LogP contribution in [0.2, 0.25) is 5.15 Å². The Balaban J connectivity index is 0.00000264. The molecule has 1 aromatic carbocycles. The number of pyridine rings is 1. The predicted molar refractivity (Wildman–Crippen MR) is 106 cm³/mol. The zero-order valence-corrected chi connectivity index (χ0v) is 16.1. The lowest BCUT2D eigenvalue weighted by Crippen LogP contribution is -2.22. The second-order valence-corrected chi connectivity index (χ2v) is 5.39. The van der Waals surface area contributed by atoms with Crippen molar-refractivity contribution < 1.29 is 4.74 Å². The van der Waals surface area contributed by atoms with Crippen LogP contribution < -0.4 is 15.8 Å². The standard InChI is InChI=1S/C16H19ClN4O.HI/c1-11(2)22-14-6-4-13(5-7-14)21-16(18)20-10-12-3-8-15(17)19-9-12;/h3-9,11H,10H2,1-2H3,(H3,18,20,21);1H. The molecule has 0 fully saturated rings. The summed E-state index contributed by atoms with van der Waals surface area (Å²) in [6.45, 7) is 4.42. The molecule has 124 valence electrons. The summed E-state index contributed by atoms with van der Waals surface area (Å²) < 4.78 is 5.58. The van der Waals surface area contributed by atoms with Crippen LogP contribution in [-0.4, -0.2) is 17.0 Å². The third-order valence-electron chi connectivity index (χ3n) is 2.72. The summed E-state index contributed by atoms with van der Waals surface area (Å²) in [5, 5.41) is 3.49. The molecule has 0 unspecified atom stereocenters. The third-order valence-corrected chi connectivity index (χ3v) is 2.94. The first-order chi connectivity index (χ1) is 10.5. The highest BCUT2D eigenvalue weighted by Gasteiger charge is 1.99. The van der Waals surface area contributed by atoms with Crippen molar-refractivity contribution in [1.29, 1.82) is 0 Å². The van der Waals surface area contributed by atoms with Gasteiger partial charge in [-0.25, -0.2) is 9.98 Å². The van der Waals surface area contributed by atoms with Crippen molar-refractivity contribution in [3.8, 4) is 5.75 Å². The van der Waals surface area contributed by atoms with E-state index in [1.165, 1.54) is 0 Å². The number of hydrogen-bond donors (Lipinski definition) is 2. The molecule has 0 saturated carbocycles. The molecular weight excluding hydrogens is 427 g/mol. The molecule has 0 spiro atoms. The molecule has 0 amide bonds. The lowest BCUT2D eigenvalue weighted by atomic mass is 10.3. The molecule has 0 saturated heterocycles. The summed E-state index contributed by atoms with van der Waals surface area (Å²) in [7, 11) is 0. The molecular formula is C16H20ClIN4O. The number of benzene rings is 1. The Kier molecular flexibility index (Phi) is 8.11. The van der Waals surface area contributed by atoms with E-state index in [9.17, 15) is 0 Å². The number of rotatable bonds is 5. The predicted octanol–water partition coefficient (Wildman–Crippen LogP) is 4.07. The number of aromatic nitrogens is 1. The molecule has 0 bridgehead atoms. The van der Waals surface area contributed by atoms with Gasteiger partial charge in [0, 0.05) is 11.9 Å². The fraction of sp³-hybridized carbons (Fsp3) is 0.250. The molecule has 0 radical (unpaired) electrons. The van der Waals surface area contributed by atoms with Gasteiger partial charge in [0.15, 0.2) is 5.96 Å². The van der Waals surface area contributed by atoms with Crippen LogP contribution in [0.3, 0.4) is 0 Å². The molecule has 1 aromatic heterocycles. The van der Waals surface area contributed by atoms with Gasteiger partial charge < -0.3 is 15.8 Å². The Bertz CT molecular complexity index is 630. The first kappa shape index (κ1) is 19.5. The largest absolute Gasteiger partial charge is 0.491 e. The normalized spacial score (nSPS) is 11.0. The molecule has 0 aliphatic rings. The SMILES string of the molecule is CC(C)Oc1ccc(NC(N)=NCc2ccc(Cl)nc2)cc1.I. The molecule has 2 aromatic rings. The van der Waals surface area contributed by atoms with Gasteiger partial charge in [-0.15, -0.1) is 24.0 Å². The third kappa shape index (κ3) is 7.04. The minimum Gasteiger partial charge on any atom is -0.491 e. The second-order valence-electron chi connectivity index (χ2n) is 5.01. The van der Waals surface area contributed by atoms with Crippen molar-refractivity contribution >= 4 is 47.2 Å². The van der Waals surface area contributed by atoms with Gasteiger partial charge in [-0.05, 0) is 49.7 Å². The maximum absolute atomic E-state index is 5.86. The topological polar surface area (TPSA) is 72.5 Å². The van der Waals surface area contributed by atoms with E-state index in [0.717, 1.165) is 17.0 Å². The minimum absolute atomic E-state index is 0. The Labute approximate surface area is 158 Å². The van der Waals surface area contributed by atoms with Crippen molar-refractivity contribution in [2.45, 2.75) is 26.5 Å². The molecule has 0 aliphatic heterocycles. The van der Waals surface area contributed by atoms with Crippen LogP contribution in [0.4, 0.5) is 5.69 Å². The Morgan fingerprint density at radius 1 is 1.26 bits per heavy atom. The molecule has 1 heterocycles. The number of ether oxygens (including phenoxy) is 1. The average molecular weight is 447 g/mol. The number of anilines is 1. The van der Waals surface area contributed by atoms with E-state index in [1.54, 1.807) is 12.3 Å². The van der Waals surface area contributed by atoms with Gasteiger partial charge in [0.05, 0.1) is 12.6 Å². The number of nitrogens with one attached hydrogen (secondary N) is 1. The summed E-state index contributed by atoms with van der Waals surface area (Å²) in [5.74, 6) is 1.16. The van der Waals surface area contributed by atoms with Crippen molar-refractivity contribution in [2.75, 3.05) is 5.32 Å². The van der Waals surface area contributed by atoms with Crippen LogP contribution in [-0.2, 0) is 6.54 Å². The second kappa shape index (κ2) is 9.57. The molecule has 0 aliphatic carbocycles. The summed E-state index contributed by atoms with van der Waals surface area (Å²) in [4.78, 5) is 8.25. The number of aliphatic imine (C=N–C) groups is 1. The number of halogens is 2. The van der Waals surface area contributed by atoms with E-state index in [4.69, 9.17) is 22.1 Å². The number of nitrogens with two attached hydrogens (primary N) is 1. The monoisotopic (exact) mass is 446 g/mol. The average Bonchev–Trinajstić information content (AvgIpc) is 2.48. The summed E-state index contributed by atoms with van der Waals surface area (Å²) in [6, 6.07) is 11.2. The first-order valence-corrected chi connectivity index (χ1v) is 7.35. The molecule has 5 nitrogen and oxygen atoms in total. The first-order valence-electron chi connectivity index (χ1n) is 6.97. The zero-order chi connectivity index (χ0) is 15.9. The number of nitrogens with zero attached hydrogens (tertiary/aromatic N) is 2. The van der Waals surface area contributed by atoms with Gasteiger partial charge in [0.2, 0.25) is 0 Å². The summed E-state index contributed by atoms with van der Waals surface area (Å²) in [6.07, 6.45) is 1.83. The maximum atomic E-state index is 5.86. The highest BCUT2D eigenvalue weighted by molar-refractivity contribution is 14.0. The van der Waals surface area contributed by atoms with E-state index in [0.29, 0.717) is 17.7 Å². The Morgan fingerprint density at radius 2 is 1.96 bits per heavy atom. The smallest absolute Gasteiger partial charge is 0.193 e. The molecule has 0 atom stereocenters. The van der Waals surface area contributed by atoms with Crippen molar-refractivity contribution in [2.24, 2.45) is 10.7 Å². The lowest BCUT2D eigenvalue weighted by molar-refractivity contribution is 0.242. The van der Waals surface area contributed by atoms with Gasteiger partial charge in [-0.3, -0.25) is 0 Å². The lowest BCUT2D eigenvalue weighted by Gasteiger charge is -2.10. The highest BCUT2D eigenvalue weighted by atomic mass is 127. The summed E-state index contributed by atoms with van der Waals surface area (Å²) >= 11 is 5.73. The fourth-order valence-corrected chi connectivity index (χ4v) is 1.86. The van der Waals surface area contributed by atoms with Gasteiger partial charge in [0.1, 0.15) is 10.9 Å². The zero-order valence-electron chi connectivity index (χ0n) is 13.0. The number of guanidine groups is 1. The number of hydrogen-bond acceptors (Lipinski definition) is 3. The van der Waals surface area contributed by atoms with E-state index < -0.39 is 0 Å². The summed E-state index contributed by atoms with van der Waals surface area (Å²) in [5.41, 5.74) is 7.66. The van der Waals surface area contributed by atoms with Crippen molar-refractivity contribution in [3.63, 3.8) is 0 Å². The van der Waals surface area contributed by atoms with Gasteiger partial charge in [-0.1, -0.05) is 17.7 Å². The van der Waals surface area contributed by atoms with E-state index >= 15 is 0 Å². The van der Waals surface area contributed by atoms with Gasteiger partial charge in [-0.2, -0.15) is 0 Å². The van der Waals surface area contributed by atoms with E-state index in [2.05, 4.69) is 15.3 Å². The van der Waals surface area contributed by atoms with Crippen LogP contribution in [0.1, 0.15) is 19.4 Å². The van der Waals surface area contributed by atoms with Crippen LogP contribution in [0, 0.1) is 0 Å². The quantitative estimate of drug-likeness (QED) is 0.314. The minimum atomic E-state index is 0. The molecule has 7 heteroatoms. The molecule has 2 rings (SSSR count). The Morgan fingerprint density at radius 3 is 2.52 bits per heavy atom. The van der Waals surface area contributed by atoms with Crippen molar-refractivity contribution in [3.05, 3.63) is 53.3 Å². The van der Waals surface area contributed by atoms with Crippen LogP contribution in [0.15, 0.2) is 47.6 Å². The van der Waals surface area contributed by atoms with Crippen molar-refractivity contribution in [1.82, 2.24) is 4.98 Å². The molecule has 3 N–H and O–H groups in total. The van der Waals surface area contributed by atoms with E-state index in [1.807, 2.05) is 44.2 Å².